The topological polar surface area (TPSA) is 55.4 Å². The Hall–Kier alpha value is -1.14. The van der Waals surface area contributed by atoms with E-state index in [0.717, 1.165) is 25.7 Å². The number of carbonyl (C=O) groups excluding carboxylic acids is 2. The highest BCUT2D eigenvalue weighted by Gasteiger charge is 2.24. The molecule has 0 aromatic heterocycles. The van der Waals surface area contributed by atoms with E-state index in [1.807, 2.05) is 35.7 Å². The van der Waals surface area contributed by atoms with Crippen LogP contribution in [-0.2, 0) is 9.53 Å². The zero-order valence-corrected chi connectivity index (χ0v) is 15.5. The summed E-state index contributed by atoms with van der Waals surface area (Å²) >= 11 is 3.87. The lowest BCUT2D eigenvalue weighted by molar-refractivity contribution is -0.129. The number of benzene rings is 1. The standard InChI is InChI=1S/C18H23NO3S2/c1-12(16(20)19-15-4-2-3-5-15)22-17(21)13-6-8-14(9-7-13)18-23-10-11-24-18/h6-9,12,15,18H,2-5,10-11H2,1H3,(H,19,20)/t12-/m0/s1. The minimum Gasteiger partial charge on any atom is -0.449 e. The molecule has 0 radical (unpaired) electrons. The van der Waals surface area contributed by atoms with Crippen molar-refractivity contribution in [1.82, 2.24) is 5.32 Å². The Kier molecular flexibility index (Phi) is 6.11. The summed E-state index contributed by atoms with van der Waals surface area (Å²) in [6, 6.07) is 7.78. The van der Waals surface area contributed by atoms with Gasteiger partial charge < -0.3 is 10.1 Å². The summed E-state index contributed by atoms with van der Waals surface area (Å²) in [4.78, 5) is 24.3. The maximum absolute atomic E-state index is 12.2. The van der Waals surface area contributed by atoms with Crippen molar-refractivity contribution in [2.75, 3.05) is 11.5 Å². The van der Waals surface area contributed by atoms with E-state index >= 15 is 0 Å². The van der Waals surface area contributed by atoms with Crippen LogP contribution in [0.2, 0.25) is 0 Å². The second-order valence-corrected chi connectivity index (χ2v) is 8.96. The fourth-order valence-corrected chi connectivity index (χ4v) is 5.86. The Balaban J connectivity index is 1.52. The molecule has 24 heavy (non-hydrogen) atoms. The van der Waals surface area contributed by atoms with Crippen molar-refractivity contribution >= 4 is 35.4 Å². The van der Waals surface area contributed by atoms with Crippen LogP contribution in [0.1, 0.15) is 53.1 Å². The van der Waals surface area contributed by atoms with E-state index in [-0.39, 0.29) is 11.9 Å². The van der Waals surface area contributed by atoms with E-state index in [1.54, 1.807) is 19.1 Å². The van der Waals surface area contributed by atoms with Crippen LogP contribution < -0.4 is 5.32 Å². The molecular weight excluding hydrogens is 342 g/mol. The number of hydrogen-bond acceptors (Lipinski definition) is 5. The summed E-state index contributed by atoms with van der Waals surface area (Å²) in [5, 5.41) is 2.96. The molecule has 1 aromatic rings. The number of carbonyl (C=O) groups is 2. The summed E-state index contributed by atoms with van der Waals surface area (Å²) in [6.45, 7) is 1.63. The molecule has 0 unspecified atom stereocenters. The summed E-state index contributed by atoms with van der Waals surface area (Å²) in [5.74, 6) is 1.70. The van der Waals surface area contributed by atoms with E-state index < -0.39 is 12.1 Å². The van der Waals surface area contributed by atoms with Crippen molar-refractivity contribution < 1.29 is 14.3 Å². The van der Waals surface area contributed by atoms with Crippen molar-refractivity contribution in [3.05, 3.63) is 35.4 Å². The third kappa shape index (κ3) is 4.48. The lowest BCUT2D eigenvalue weighted by atomic mass is 10.1. The molecule has 1 atom stereocenters. The van der Waals surface area contributed by atoms with Crippen molar-refractivity contribution in [2.24, 2.45) is 0 Å². The first-order valence-corrected chi connectivity index (χ1v) is 10.6. The van der Waals surface area contributed by atoms with Gasteiger partial charge in [0.1, 0.15) is 0 Å². The van der Waals surface area contributed by atoms with Gasteiger partial charge in [-0.2, -0.15) is 0 Å². The van der Waals surface area contributed by atoms with E-state index in [4.69, 9.17) is 4.74 Å². The highest BCUT2D eigenvalue weighted by atomic mass is 32.2. The zero-order chi connectivity index (χ0) is 16.9. The van der Waals surface area contributed by atoms with Gasteiger partial charge in [0.2, 0.25) is 0 Å². The molecule has 3 rings (SSSR count). The van der Waals surface area contributed by atoms with Crippen LogP contribution in [0.4, 0.5) is 0 Å². The molecule has 1 saturated carbocycles. The van der Waals surface area contributed by atoms with Crippen LogP contribution in [0, 0.1) is 0 Å². The van der Waals surface area contributed by atoms with Gasteiger partial charge >= 0.3 is 5.97 Å². The minimum absolute atomic E-state index is 0.203. The smallest absolute Gasteiger partial charge is 0.338 e. The van der Waals surface area contributed by atoms with Crippen LogP contribution in [0.15, 0.2) is 24.3 Å². The van der Waals surface area contributed by atoms with Gasteiger partial charge in [0.05, 0.1) is 10.1 Å². The van der Waals surface area contributed by atoms with Crippen molar-refractivity contribution in [3.8, 4) is 0 Å². The molecule has 1 aliphatic heterocycles. The first kappa shape index (κ1) is 17.7. The molecule has 1 amide bonds. The van der Waals surface area contributed by atoms with Crippen LogP contribution >= 0.6 is 23.5 Å². The van der Waals surface area contributed by atoms with E-state index in [9.17, 15) is 9.59 Å². The number of rotatable bonds is 5. The Morgan fingerprint density at radius 3 is 2.38 bits per heavy atom. The third-order valence-corrected chi connectivity index (χ3v) is 7.50. The van der Waals surface area contributed by atoms with Gasteiger partial charge in [0.25, 0.3) is 5.91 Å². The van der Waals surface area contributed by atoms with Crippen molar-refractivity contribution in [3.63, 3.8) is 0 Å². The van der Waals surface area contributed by atoms with E-state index in [0.29, 0.717) is 10.1 Å². The molecule has 4 nitrogen and oxygen atoms in total. The lowest BCUT2D eigenvalue weighted by Gasteiger charge is -2.17. The molecule has 1 saturated heterocycles. The number of esters is 1. The second kappa shape index (κ2) is 8.30. The van der Waals surface area contributed by atoms with E-state index in [2.05, 4.69) is 5.32 Å². The molecule has 2 aliphatic rings. The Bertz CT molecular complexity index is 578. The van der Waals surface area contributed by atoms with Crippen LogP contribution in [0.5, 0.6) is 0 Å². The SMILES string of the molecule is C[C@H](OC(=O)c1ccc(C2SCCS2)cc1)C(=O)NC1CCCC1. The first-order valence-electron chi connectivity index (χ1n) is 8.48. The third-order valence-electron chi connectivity index (χ3n) is 4.39. The van der Waals surface area contributed by atoms with Gasteiger partial charge in [0.15, 0.2) is 6.10 Å². The zero-order valence-electron chi connectivity index (χ0n) is 13.8. The summed E-state index contributed by atoms with van der Waals surface area (Å²) in [7, 11) is 0. The monoisotopic (exact) mass is 365 g/mol. The molecular formula is C18H23NO3S2. The normalized spacial score (nSPS) is 20.0. The highest BCUT2D eigenvalue weighted by molar-refractivity contribution is 8.19. The fourth-order valence-electron chi connectivity index (χ4n) is 3.00. The van der Waals surface area contributed by atoms with Gasteiger partial charge in [0, 0.05) is 17.5 Å². The molecule has 0 bridgehead atoms. The second-order valence-electron chi connectivity index (χ2n) is 6.23. The molecule has 130 valence electrons. The fraction of sp³-hybridized carbons (Fsp3) is 0.556. The molecule has 1 N–H and O–H groups in total. The average Bonchev–Trinajstić information content (AvgIpc) is 3.28. The van der Waals surface area contributed by atoms with Gasteiger partial charge in [-0.25, -0.2) is 4.79 Å². The van der Waals surface area contributed by atoms with Crippen molar-refractivity contribution in [2.45, 2.75) is 49.3 Å². The van der Waals surface area contributed by atoms with Crippen LogP contribution in [0.3, 0.4) is 0 Å². The van der Waals surface area contributed by atoms with Gasteiger partial charge in [-0.05, 0) is 37.5 Å². The predicted octanol–water partition coefficient (Wildman–Crippen LogP) is 3.77. The lowest BCUT2D eigenvalue weighted by Crippen LogP contribution is -2.40. The minimum atomic E-state index is -0.765. The quantitative estimate of drug-likeness (QED) is 0.805. The molecule has 1 heterocycles. The number of hydrogen-bond donors (Lipinski definition) is 1. The summed E-state index contributed by atoms with van der Waals surface area (Å²) in [6.07, 6.45) is 3.58. The summed E-state index contributed by atoms with van der Waals surface area (Å²) < 4.78 is 5.78. The van der Waals surface area contributed by atoms with Crippen molar-refractivity contribution in [1.29, 1.82) is 0 Å². The number of ether oxygens (including phenoxy) is 1. The number of nitrogens with one attached hydrogen (secondary N) is 1. The van der Waals surface area contributed by atoms with Gasteiger partial charge in [-0.1, -0.05) is 25.0 Å². The highest BCUT2D eigenvalue weighted by Crippen LogP contribution is 2.45. The van der Waals surface area contributed by atoms with Gasteiger partial charge in [-0.15, -0.1) is 23.5 Å². The largest absolute Gasteiger partial charge is 0.449 e. The maximum atomic E-state index is 12.2. The summed E-state index contributed by atoms with van der Waals surface area (Å²) in [5.41, 5.74) is 1.72. The first-order chi connectivity index (χ1) is 11.6. The Morgan fingerprint density at radius 2 is 1.75 bits per heavy atom. The number of amides is 1. The molecule has 1 aromatic carbocycles. The maximum Gasteiger partial charge on any atom is 0.338 e. The van der Waals surface area contributed by atoms with E-state index in [1.165, 1.54) is 17.1 Å². The molecule has 1 aliphatic carbocycles. The predicted molar refractivity (Wildman–Crippen MR) is 99.4 cm³/mol. The number of thioether (sulfide) groups is 2. The Morgan fingerprint density at radius 1 is 1.12 bits per heavy atom. The molecule has 6 heteroatoms. The molecule has 2 fully saturated rings. The van der Waals surface area contributed by atoms with Gasteiger partial charge in [-0.3, -0.25) is 4.79 Å². The Labute approximate surface area is 151 Å². The van der Waals surface area contributed by atoms with Crippen LogP contribution in [-0.4, -0.2) is 35.5 Å². The molecule has 0 spiro atoms. The average molecular weight is 366 g/mol. The van der Waals surface area contributed by atoms with Crippen LogP contribution in [0.25, 0.3) is 0 Å².